The van der Waals surface area contributed by atoms with Crippen molar-refractivity contribution < 1.29 is 38.6 Å². The Morgan fingerprint density at radius 2 is 1.63 bits per heavy atom. The SMILES string of the molecule is Cc1ncsc1-c1ccc(C2(NC(=O)[C@@H]3C[C@@H](O)CN3C(=O)[C@@H](NC(=O)CCCCc3ccc(CO[C@H](C)[C@H](CCC(N)=O)NC(=O)[C@@H]4Cc5cccc6c5N4C(=O)CCC6)cc3)C(C)(C)C)CC2)cc1. The number of para-hydroxylation sites is 1. The highest BCUT2D eigenvalue weighted by Crippen LogP contribution is 2.46. The van der Waals surface area contributed by atoms with E-state index in [2.05, 4.69) is 33.1 Å². The van der Waals surface area contributed by atoms with Crippen LogP contribution in [-0.4, -0.2) is 93.4 Å². The number of β-amino-alcohol motifs (C(OH)–C–C–N with tert-alkyl or cyclic N) is 1. The highest BCUT2D eigenvalue weighted by atomic mass is 32.1. The monoisotopic (exact) mass is 987 g/mol. The lowest BCUT2D eigenvalue weighted by Gasteiger charge is -2.35. The molecule has 3 aromatic carbocycles. The maximum atomic E-state index is 14.3. The zero-order valence-electron chi connectivity index (χ0n) is 41.6. The minimum atomic E-state index is -0.904. The Labute approximate surface area is 420 Å². The van der Waals surface area contributed by atoms with Crippen molar-refractivity contribution in [3.8, 4) is 10.4 Å². The molecule has 6 atom stereocenters. The fourth-order valence-electron chi connectivity index (χ4n) is 10.4. The molecule has 16 heteroatoms. The molecule has 3 aliphatic heterocycles. The fraction of sp³-hybridized carbons (Fsp3) is 0.509. The van der Waals surface area contributed by atoms with Crippen LogP contribution in [0.2, 0.25) is 0 Å². The first-order chi connectivity index (χ1) is 33.9. The third-order valence-electron chi connectivity index (χ3n) is 14.7. The van der Waals surface area contributed by atoms with Gasteiger partial charge in [-0.05, 0) is 104 Å². The molecule has 4 aliphatic rings. The van der Waals surface area contributed by atoms with Crippen LogP contribution in [-0.2, 0) is 64.9 Å². The summed E-state index contributed by atoms with van der Waals surface area (Å²) in [6.45, 7) is 9.77. The molecule has 0 spiro atoms. The standard InChI is InChI=1S/C55H69N7O8S/c1-33-49(71-32-57-33)38-20-22-40(23-21-38)55(26-27-55)60-52(68)43-29-41(63)30-61(43)53(69)50(54(3,4)5)59-46(65)14-7-6-10-35-16-18-36(19-17-35)31-70-34(2)42(24-25-45(56)64)58-51(67)44-28-39-13-8-11-37-12-9-15-47(66)62(44)48(37)39/h8,11,13,16-23,32,34,41-44,50,63H,6-7,9-10,12,14-15,24-31H2,1-5H3,(H2,56,64)(H,58,67)(H,59,65)(H,60,68)/t34-,41-,42+,43+,44+,50-/m1/s1. The molecule has 0 radical (unpaired) electrons. The Balaban J connectivity index is 0.794. The van der Waals surface area contributed by atoms with Gasteiger partial charge < -0.3 is 36.4 Å². The van der Waals surface area contributed by atoms with Gasteiger partial charge in [-0.2, -0.15) is 0 Å². The van der Waals surface area contributed by atoms with E-state index < -0.39 is 53.2 Å². The number of hydrogen-bond donors (Lipinski definition) is 5. The molecule has 1 aliphatic carbocycles. The van der Waals surface area contributed by atoms with Gasteiger partial charge in [0, 0.05) is 38.6 Å². The van der Waals surface area contributed by atoms with Gasteiger partial charge in [-0.25, -0.2) is 4.98 Å². The van der Waals surface area contributed by atoms with E-state index in [1.807, 2.05) is 94.7 Å². The Bertz CT molecular complexity index is 2600. The van der Waals surface area contributed by atoms with E-state index in [0.717, 1.165) is 88.2 Å². The molecule has 0 bridgehead atoms. The number of thiazole rings is 1. The number of nitrogens with one attached hydrogen (secondary N) is 3. The highest BCUT2D eigenvalue weighted by Gasteiger charge is 2.50. The normalized spacial score (nSPS) is 20.4. The van der Waals surface area contributed by atoms with E-state index in [4.69, 9.17) is 10.5 Å². The van der Waals surface area contributed by atoms with Crippen molar-refractivity contribution in [3.05, 3.63) is 106 Å². The van der Waals surface area contributed by atoms with Gasteiger partial charge in [-0.3, -0.25) is 33.7 Å². The van der Waals surface area contributed by atoms with Gasteiger partial charge in [0.15, 0.2) is 0 Å². The Morgan fingerprint density at radius 1 is 0.915 bits per heavy atom. The van der Waals surface area contributed by atoms with Gasteiger partial charge in [0.2, 0.25) is 35.4 Å². The molecule has 6 N–H and O–H groups in total. The summed E-state index contributed by atoms with van der Waals surface area (Å²) in [4.78, 5) is 89.2. The number of hydrogen-bond acceptors (Lipinski definition) is 10. The smallest absolute Gasteiger partial charge is 0.246 e. The van der Waals surface area contributed by atoms with Gasteiger partial charge in [0.25, 0.3) is 0 Å². The van der Waals surface area contributed by atoms with Crippen molar-refractivity contribution in [2.45, 2.75) is 167 Å². The van der Waals surface area contributed by atoms with Gasteiger partial charge in [-0.15, -0.1) is 11.3 Å². The fourth-order valence-corrected chi connectivity index (χ4v) is 11.2. The average Bonchev–Trinajstić information content (AvgIpc) is 3.62. The van der Waals surface area contributed by atoms with Gasteiger partial charge >= 0.3 is 0 Å². The lowest BCUT2D eigenvalue weighted by Crippen LogP contribution is -2.58. The number of aromatic nitrogens is 1. The number of benzene rings is 3. The Kier molecular flexibility index (Phi) is 15.8. The number of unbranched alkanes of at least 4 members (excludes halogenated alkanes) is 1. The second kappa shape index (κ2) is 21.8. The second-order valence-electron chi connectivity index (χ2n) is 21.1. The first-order valence-corrected chi connectivity index (χ1v) is 26.1. The molecule has 8 rings (SSSR count). The van der Waals surface area contributed by atoms with Crippen LogP contribution in [0.15, 0.2) is 72.2 Å². The molecule has 6 amide bonds. The number of likely N-dealkylation sites (tertiary alicyclic amines) is 1. The molecule has 2 fully saturated rings. The first-order valence-electron chi connectivity index (χ1n) is 25.2. The number of aryl methyl sites for hydroxylation is 3. The van der Waals surface area contributed by atoms with Crippen LogP contribution in [0.1, 0.15) is 125 Å². The van der Waals surface area contributed by atoms with Crippen molar-refractivity contribution in [1.29, 1.82) is 0 Å². The zero-order chi connectivity index (χ0) is 50.6. The first kappa shape index (κ1) is 51.4. The Morgan fingerprint density at radius 3 is 2.31 bits per heavy atom. The third kappa shape index (κ3) is 12.0. The van der Waals surface area contributed by atoms with Gasteiger partial charge in [0.1, 0.15) is 18.1 Å². The van der Waals surface area contributed by atoms with Crippen LogP contribution in [0.3, 0.4) is 0 Å². The summed E-state index contributed by atoms with van der Waals surface area (Å²) in [7, 11) is 0. The maximum absolute atomic E-state index is 14.3. The van der Waals surface area contributed by atoms with Crippen molar-refractivity contribution in [2.75, 3.05) is 11.4 Å². The van der Waals surface area contributed by atoms with Crippen molar-refractivity contribution in [2.24, 2.45) is 11.1 Å². The Hall–Kier alpha value is -5.97. The van der Waals surface area contributed by atoms with Crippen molar-refractivity contribution in [1.82, 2.24) is 25.8 Å². The topological polar surface area (TPSA) is 213 Å². The predicted octanol–water partition coefficient (Wildman–Crippen LogP) is 6.08. The van der Waals surface area contributed by atoms with Gasteiger partial charge in [-0.1, -0.05) is 87.5 Å². The molecule has 1 saturated carbocycles. The van der Waals surface area contributed by atoms with E-state index in [1.165, 1.54) is 4.90 Å². The van der Waals surface area contributed by atoms with Crippen molar-refractivity contribution >= 4 is 52.5 Å². The minimum absolute atomic E-state index is 0.00881. The molecule has 15 nitrogen and oxygen atoms in total. The highest BCUT2D eigenvalue weighted by molar-refractivity contribution is 7.13. The zero-order valence-corrected chi connectivity index (χ0v) is 42.4. The molecule has 4 heterocycles. The summed E-state index contributed by atoms with van der Waals surface area (Å²) in [5.41, 5.74) is 14.2. The summed E-state index contributed by atoms with van der Waals surface area (Å²) in [5, 5.41) is 20.1. The van der Waals surface area contributed by atoms with Crippen LogP contribution in [0.5, 0.6) is 0 Å². The molecule has 71 heavy (non-hydrogen) atoms. The largest absolute Gasteiger partial charge is 0.391 e. The summed E-state index contributed by atoms with van der Waals surface area (Å²) in [5.74, 6) is -1.75. The van der Waals surface area contributed by atoms with E-state index >= 15 is 0 Å². The van der Waals surface area contributed by atoms with Crippen LogP contribution in [0.4, 0.5) is 5.69 Å². The number of anilines is 1. The van der Waals surface area contributed by atoms with E-state index in [-0.39, 0.29) is 62.0 Å². The lowest BCUT2D eigenvalue weighted by molar-refractivity contribution is -0.144. The summed E-state index contributed by atoms with van der Waals surface area (Å²) in [6, 6.07) is 19.2. The van der Waals surface area contributed by atoms with E-state index in [1.54, 1.807) is 16.2 Å². The number of nitrogens with two attached hydrogens (primary N) is 1. The number of aliphatic hydroxyl groups excluding tert-OH is 1. The third-order valence-corrected chi connectivity index (χ3v) is 15.6. The molecular formula is C55H69N7O8S. The average molecular weight is 988 g/mol. The summed E-state index contributed by atoms with van der Waals surface area (Å²) in [6.07, 6.45) is 5.33. The maximum Gasteiger partial charge on any atom is 0.246 e. The number of carbonyl (C=O) groups excluding carboxylic acids is 6. The quantitative estimate of drug-likeness (QED) is 0.0649. The van der Waals surface area contributed by atoms with Crippen LogP contribution in [0.25, 0.3) is 10.4 Å². The van der Waals surface area contributed by atoms with E-state index in [9.17, 15) is 33.9 Å². The molecule has 378 valence electrons. The molecule has 1 aromatic heterocycles. The summed E-state index contributed by atoms with van der Waals surface area (Å²) >= 11 is 1.59. The minimum Gasteiger partial charge on any atom is -0.391 e. The number of amides is 6. The number of rotatable bonds is 20. The summed E-state index contributed by atoms with van der Waals surface area (Å²) < 4.78 is 6.27. The number of nitrogens with zero attached hydrogens (tertiary/aromatic N) is 3. The second-order valence-corrected chi connectivity index (χ2v) is 22.0. The van der Waals surface area contributed by atoms with Crippen molar-refractivity contribution in [3.63, 3.8) is 0 Å². The molecule has 4 aromatic rings. The van der Waals surface area contributed by atoms with Gasteiger partial charge in [0.05, 0.1) is 52.2 Å². The number of carbonyl (C=O) groups is 6. The molecule has 0 unspecified atom stereocenters. The number of aliphatic hydroxyl groups is 1. The van der Waals surface area contributed by atoms with Crippen LogP contribution < -0.4 is 26.6 Å². The van der Waals surface area contributed by atoms with Crippen LogP contribution in [0, 0.1) is 12.3 Å². The molecule has 1 saturated heterocycles. The molecular weight excluding hydrogens is 919 g/mol. The lowest BCUT2D eigenvalue weighted by atomic mass is 9.85. The van der Waals surface area contributed by atoms with E-state index in [0.29, 0.717) is 25.7 Å². The number of ether oxygens (including phenoxy) is 1. The van der Waals surface area contributed by atoms with Crippen LogP contribution >= 0.6 is 11.3 Å². The predicted molar refractivity (Wildman–Crippen MR) is 272 cm³/mol. The number of primary amides is 1.